The second kappa shape index (κ2) is 6.74. The molecule has 1 unspecified atom stereocenters. The number of urea groups is 1. The fraction of sp³-hybridized carbons (Fsp3) is 0.263. The van der Waals surface area contributed by atoms with E-state index in [0.29, 0.717) is 6.54 Å². The van der Waals surface area contributed by atoms with Gasteiger partial charge in [0, 0.05) is 24.2 Å². The number of hydrogen-bond donors (Lipinski definition) is 1. The van der Waals surface area contributed by atoms with E-state index in [4.69, 9.17) is 4.42 Å². The third-order valence-electron chi connectivity index (χ3n) is 4.09. The van der Waals surface area contributed by atoms with Crippen molar-refractivity contribution in [1.82, 2.24) is 15.2 Å². The van der Waals surface area contributed by atoms with Crippen molar-refractivity contribution >= 4 is 17.0 Å². The molecule has 2 heterocycles. The van der Waals surface area contributed by atoms with Crippen LogP contribution < -0.4 is 5.32 Å². The van der Waals surface area contributed by atoms with Gasteiger partial charge in [-0.25, -0.2) is 4.79 Å². The van der Waals surface area contributed by atoms with Gasteiger partial charge in [-0.1, -0.05) is 24.3 Å². The summed E-state index contributed by atoms with van der Waals surface area (Å²) < 4.78 is 5.91. The molecule has 3 aromatic rings. The minimum Gasteiger partial charge on any atom is -0.459 e. The quantitative estimate of drug-likeness (QED) is 0.788. The van der Waals surface area contributed by atoms with Crippen molar-refractivity contribution in [3.8, 4) is 0 Å². The van der Waals surface area contributed by atoms with Crippen LogP contribution in [-0.2, 0) is 6.54 Å². The number of nitrogens with one attached hydrogen (secondary N) is 1. The number of aromatic nitrogens is 1. The highest BCUT2D eigenvalue weighted by Gasteiger charge is 2.20. The van der Waals surface area contributed by atoms with Crippen LogP contribution in [0.2, 0.25) is 0 Å². The summed E-state index contributed by atoms with van der Waals surface area (Å²) >= 11 is 0. The number of rotatable bonds is 4. The third-order valence-corrected chi connectivity index (χ3v) is 4.09. The lowest BCUT2D eigenvalue weighted by Gasteiger charge is -2.20. The lowest BCUT2D eigenvalue weighted by molar-refractivity contribution is 0.201. The minimum absolute atomic E-state index is 0.159. The van der Waals surface area contributed by atoms with Gasteiger partial charge in [0.15, 0.2) is 0 Å². The van der Waals surface area contributed by atoms with E-state index in [1.807, 2.05) is 56.3 Å². The molecule has 0 spiro atoms. The Morgan fingerprint density at radius 3 is 2.71 bits per heavy atom. The SMILES string of the molecule is Cc1c(C(C)NC(=O)N(C)Cc2ccccn2)oc2ccccc12. The molecule has 5 nitrogen and oxygen atoms in total. The van der Waals surface area contributed by atoms with Crippen LogP contribution >= 0.6 is 0 Å². The van der Waals surface area contributed by atoms with Gasteiger partial charge in [0.25, 0.3) is 0 Å². The molecule has 0 saturated heterocycles. The van der Waals surface area contributed by atoms with E-state index in [-0.39, 0.29) is 12.1 Å². The lowest BCUT2D eigenvalue weighted by atomic mass is 10.1. The monoisotopic (exact) mass is 323 g/mol. The zero-order chi connectivity index (χ0) is 17.1. The molecule has 2 aromatic heterocycles. The van der Waals surface area contributed by atoms with Gasteiger partial charge in [-0.05, 0) is 32.0 Å². The summed E-state index contributed by atoms with van der Waals surface area (Å²) in [4.78, 5) is 18.3. The molecule has 0 aliphatic carbocycles. The molecule has 0 aliphatic heterocycles. The molecule has 2 amide bonds. The second-order valence-corrected chi connectivity index (χ2v) is 5.94. The van der Waals surface area contributed by atoms with Gasteiger partial charge in [0.05, 0.1) is 18.3 Å². The fourth-order valence-electron chi connectivity index (χ4n) is 2.77. The number of carbonyl (C=O) groups is 1. The van der Waals surface area contributed by atoms with Gasteiger partial charge in [-0.2, -0.15) is 0 Å². The van der Waals surface area contributed by atoms with Crippen molar-refractivity contribution in [2.24, 2.45) is 0 Å². The van der Waals surface area contributed by atoms with Crippen molar-refractivity contribution in [2.75, 3.05) is 7.05 Å². The molecule has 124 valence electrons. The van der Waals surface area contributed by atoms with Crippen LogP contribution in [0.1, 0.15) is 30.0 Å². The highest BCUT2D eigenvalue weighted by Crippen LogP contribution is 2.29. The Bertz CT molecular complexity index is 842. The van der Waals surface area contributed by atoms with Crippen LogP contribution in [-0.4, -0.2) is 23.0 Å². The van der Waals surface area contributed by atoms with Crippen LogP contribution in [0.5, 0.6) is 0 Å². The number of fused-ring (bicyclic) bond motifs is 1. The topological polar surface area (TPSA) is 58.4 Å². The highest BCUT2D eigenvalue weighted by molar-refractivity contribution is 5.82. The molecule has 1 N–H and O–H groups in total. The molecule has 0 radical (unpaired) electrons. The summed E-state index contributed by atoms with van der Waals surface area (Å²) in [7, 11) is 1.75. The molecular formula is C19H21N3O2. The first-order chi connectivity index (χ1) is 11.6. The van der Waals surface area contributed by atoms with Crippen LogP contribution in [0, 0.1) is 6.92 Å². The van der Waals surface area contributed by atoms with E-state index in [1.165, 1.54) is 0 Å². The molecular weight excluding hydrogens is 302 g/mol. The van der Waals surface area contributed by atoms with Gasteiger partial charge >= 0.3 is 6.03 Å². The number of amides is 2. The Kier molecular flexibility index (Phi) is 4.51. The van der Waals surface area contributed by atoms with E-state index in [1.54, 1.807) is 18.1 Å². The maximum absolute atomic E-state index is 12.4. The van der Waals surface area contributed by atoms with Crippen molar-refractivity contribution in [2.45, 2.75) is 26.4 Å². The summed E-state index contributed by atoms with van der Waals surface area (Å²) in [5.41, 5.74) is 2.75. The Labute approximate surface area is 141 Å². The Hall–Kier alpha value is -2.82. The van der Waals surface area contributed by atoms with Gasteiger partial charge < -0.3 is 14.6 Å². The van der Waals surface area contributed by atoms with Crippen LogP contribution in [0.15, 0.2) is 53.1 Å². The molecule has 0 bridgehead atoms. The Morgan fingerprint density at radius 1 is 1.25 bits per heavy atom. The maximum atomic E-state index is 12.4. The summed E-state index contributed by atoms with van der Waals surface area (Å²) in [6.45, 7) is 4.40. The summed E-state index contributed by atoms with van der Waals surface area (Å²) in [6.07, 6.45) is 1.72. The Balaban J connectivity index is 1.70. The van der Waals surface area contributed by atoms with Crippen LogP contribution in [0.25, 0.3) is 11.0 Å². The Morgan fingerprint density at radius 2 is 2.00 bits per heavy atom. The highest BCUT2D eigenvalue weighted by atomic mass is 16.3. The first kappa shape index (κ1) is 16.1. The van der Waals surface area contributed by atoms with Crippen LogP contribution in [0.3, 0.4) is 0 Å². The molecule has 24 heavy (non-hydrogen) atoms. The molecule has 1 aromatic carbocycles. The summed E-state index contributed by atoms with van der Waals surface area (Å²) in [6, 6.07) is 13.2. The lowest BCUT2D eigenvalue weighted by Crippen LogP contribution is -2.38. The molecule has 0 saturated carbocycles. The minimum atomic E-state index is -0.212. The average Bonchev–Trinajstić information content (AvgIpc) is 2.93. The smallest absolute Gasteiger partial charge is 0.318 e. The zero-order valence-corrected chi connectivity index (χ0v) is 14.1. The molecule has 0 aliphatic rings. The number of carbonyl (C=O) groups excluding carboxylic acids is 1. The standard InChI is InChI=1S/C19H21N3O2/c1-13-16-9-4-5-10-17(16)24-18(13)14(2)21-19(23)22(3)12-15-8-6-7-11-20-15/h4-11,14H,12H2,1-3H3,(H,21,23). The summed E-state index contributed by atoms with van der Waals surface area (Å²) in [5, 5.41) is 4.06. The van der Waals surface area contributed by atoms with Gasteiger partial charge in [0.2, 0.25) is 0 Å². The van der Waals surface area contributed by atoms with E-state index < -0.39 is 0 Å². The largest absolute Gasteiger partial charge is 0.459 e. The van der Waals surface area contributed by atoms with Crippen molar-refractivity contribution < 1.29 is 9.21 Å². The van der Waals surface area contributed by atoms with Crippen LogP contribution in [0.4, 0.5) is 4.79 Å². The summed E-state index contributed by atoms with van der Waals surface area (Å²) in [5.74, 6) is 0.788. The number of nitrogens with zero attached hydrogens (tertiary/aromatic N) is 2. The normalized spacial score (nSPS) is 12.1. The number of pyridine rings is 1. The van der Waals surface area contributed by atoms with Gasteiger partial charge in [-0.3, -0.25) is 4.98 Å². The molecule has 5 heteroatoms. The van der Waals surface area contributed by atoms with Crippen molar-refractivity contribution in [3.63, 3.8) is 0 Å². The second-order valence-electron chi connectivity index (χ2n) is 5.94. The first-order valence-corrected chi connectivity index (χ1v) is 7.96. The number of furan rings is 1. The molecule has 3 rings (SSSR count). The predicted molar refractivity (Wildman–Crippen MR) is 93.6 cm³/mol. The molecule has 0 fully saturated rings. The van der Waals surface area contributed by atoms with Crippen molar-refractivity contribution in [3.05, 3.63) is 65.7 Å². The van der Waals surface area contributed by atoms with Gasteiger partial charge in [0.1, 0.15) is 11.3 Å². The molecule has 1 atom stereocenters. The number of aryl methyl sites for hydroxylation is 1. The first-order valence-electron chi connectivity index (χ1n) is 7.96. The van der Waals surface area contributed by atoms with E-state index in [0.717, 1.165) is 28.0 Å². The zero-order valence-electron chi connectivity index (χ0n) is 14.1. The van der Waals surface area contributed by atoms with Gasteiger partial charge in [-0.15, -0.1) is 0 Å². The third kappa shape index (κ3) is 3.25. The predicted octanol–water partition coefficient (Wildman–Crippen LogP) is 4.04. The number of benzene rings is 1. The van der Waals surface area contributed by atoms with Crippen molar-refractivity contribution in [1.29, 1.82) is 0 Å². The van der Waals surface area contributed by atoms with E-state index in [2.05, 4.69) is 10.3 Å². The van der Waals surface area contributed by atoms with E-state index >= 15 is 0 Å². The average molecular weight is 323 g/mol. The maximum Gasteiger partial charge on any atom is 0.318 e. The van der Waals surface area contributed by atoms with E-state index in [9.17, 15) is 4.79 Å². The number of hydrogen-bond acceptors (Lipinski definition) is 3. The fourth-order valence-corrected chi connectivity index (χ4v) is 2.77. The number of para-hydroxylation sites is 1.